The van der Waals surface area contributed by atoms with Gasteiger partial charge in [-0.1, -0.05) is 11.6 Å². The largest absolute Gasteiger partial charge is 0.394 e. The molecule has 0 bridgehead atoms. The zero-order valence-electron chi connectivity index (χ0n) is 7.31. The number of anilines is 2. The van der Waals surface area contributed by atoms with Crippen molar-refractivity contribution in [2.24, 2.45) is 0 Å². The Morgan fingerprint density at radius 1 is 1.43 bits per heavy atom. The van der Waals surface area contributed by atoms with E-state index in [1.54, 1.807) is 0 Å². The molecule has 0 spiro atoms. The number of nitrogens with one attached hydrogen (secondary N) is 1. The SMILES string of the molecule is Nc1nc(Cl)cc(NC(CO)CO)n1. The number of aliphatic hydroxyl groups excluding tert-OH is 2. The van der Waals surface area contributed by atoms with Crippen LogP contribution in [-0.4, -0.2) is 39.4 Å². The zero-order valence-corrected chi connectivity index (χ0v) is 8.07. The van der Waals surface area contributed by atoms with Gasteiger partial charge in [-0.2, -0.15) is 4.98 Å². The van der Waals surface area contributed by atoms with E-state index in [1.807, 2.05) is 0 Å². The molecule has 0 atom stereocenters. The Bertz CT molecular complexity index is 285. The van der Waals surface area contributed by atoms with Crippen molar-refractivity contribution in [3.8, 4) is 0 Å². The summed E-state index contributed by atoms with van der Waals surface area (Å²) in [5, 5.41) is 20.5. The average Bonchev–Trinajstić information content (AvgIpc) is 2.12. The fourth-order valence-corrected chi connectivity index (χ4v) is 1.06. The number of aromatic nitrogens is 2. The summed E-state index contributed by atoms with van der Waals surface area (Å²) < 4.78 is 0. The highest BCUT2D eigenvalue weighted by atomic mass is 35.5. The van der Waals surface area contributed by atoms with Gasteiger partial charge < -0.3 is 21.3 Å². The van der Waals surface area contributed by atoms with Gasteiger partial charge in [-0.05, 0) is 0 Å². The van der Waals surface area contributed by atoms with Crippen LogP contribution in [0.5, 0.6) is 0 Å². The third kappa shape index (κ3) is 2.99. The minimum absolute atomic E-state index is 0.0367. The minimum Gasteiger partial charge on any atom is -0.394 e. The first-order valence-electron chi connectivity index (χ1n) is 3.94. The molecule has 6 nitrogen and oxygen atoms in total. The van der Waals surface area contributed by atoms with E-state index in [4.69, 9.17) is 27.5 Å². The number of hydrogen-bond donors (Lipinski definition) is 4. The van der Waals surface area contributed by atoms with Crippen LogP contribution in [0.3, 0.4) is 0 Å². The normalized spacial score (nSPS) is 10.6. The summed E-state index contributed by atoms with van der Waals surface area (Å²) in [6.07, 6.45) is 0. The molecule has 0 amide bonds. The van der Waals surface area contributed by atoms with Gasteiger partial charge in [-0.25, -0.2) is 4.98 Å². The molecule has 1 rings (SSSR count). The molecule has 1 aromatic heterocycles. The van der Waals surface area contributed by atoms with Crippen LogP contribution in [0, 0.1) is 0 Å². The Kier molecular flexibility index (Phi) is 3.87. The predicted molar refractivity (Wildman–Crippen MR) is 53.0 cm³/mol. The Morgan fingerprint density at radius 3 is 2.57 bits per heavy atom. The maximum absolute atomic E-state index is 8.80. The Balaban J connectivity index is 2.75. The monoisotopic (exact) mass is 218 g/mol. The lowest BCUT2D eigenvalue weighted by Gasteiger charge is -2.13. The smallest absolute Gasteiger partial charge is 0.223 e. The highest BCUT2D eigenvalue weighted by Crippen LogP contribution is 2.12. The third-order valence-corrected chi connectivity index (χ3v) is 1.70. The van der Waals surface area contributed by atoms with Crippen LogP contribution in [0.15, 0.2) is 6.07 Å². The first kappa shape index (κ1) is 11.0. The third-order valence-electron chi connectivity index (χ3n) is 1.50. The van der Waals surface area contributed by atoms with E-state index in [9.17, 15) is 0 Å². The molecule has 78 valence electrons. The topological polar surface area (TPSA) is 104 Å². The van der Waals surface area contributed by atoms with Crippen molar-refractivity contribution in [3.05, 3.63) is 11.2 Å². The highest BCUT2D eigenvalue weighted by Gasteiger charge is 2.07. The summed E-state index contributed by atoms with van der Waals surface area (Å²) >= 11 is 5.62. The number of aliphatic hydroxyl groups is 2. The van der Waals surface area contributed by atoms with E-state index < -0.39 is 6.04 Å². The van der Waals surface area contributed by atoms with Gasteiger partial charge in [0.25, 0.3) is 0 Å². The summed E-state index contributed by atoms with van der Waals surface area (Å²) in [7, 11) is 0. The first-order valence-corrected chi connectivity index (χ1v) is 4.32. The quantitative estimate of drug-likeness (QED) is 0.507. The molecule has 5 N–H and O–H groups in total. The molecule has 0 aromatic carbocycles. The fraction of sp³-hybridized carbons (Fsp3) is 0.429. The van der Waals surface area contributed by atoms with E-state index >= 15 is 0 Å². The van der Waals surface area contributed by atoms with E-state index in [1.165, 1.54) is 6.07 Å². The standard InChI is InChI=1S/C7H11ClN4O2/c8-5-1-6(12-7(9)11-5)10-4(2-13)3-14/h1,4,13-14H,2-3H2,(H3,9,10,11,12). The van der Waals surface area contributed by atoms with Gasteiger partial charge in [-0.3, -0.25) is 0 Å². The second-order valence-corrected chi connectivity index (χ2v) is 3.03. The van der Waals surface area contributed by atoms with Crippen molar-refractivity contribution in [3.63, 3.8) is 0 Å². The molecule has 1 heterocycles. The number of rotatable bonds is 4. The number of nitrogens with zero attached hydrogens (tertiary/aromatic N) is 2. The second-order valence-electron chi connectivity index (χ2n) is 2.64. The van der Waals surface area contributed by atoms with Gasteiger partial charge in [0.15, 0.2) is 0 Å². The van der Waals surface area contributed by atoms with Gasteiger partial charge in [0.2, 0.25) is 5.95 Å². The van der Waals surface area contributed by atoms with E-state index in [0.717, 1.165) is 0 Å². The number of nitrogens with two attached hydrogens (primary N) is 1. The molecule has 14 heavy (non-hydrogen) atoms. The van der Waals surface area contributed by atoms with E-state index in [0.29, 0.717) is 5.82 Å². The lowest BCUT2D eigenvalue weighted by Crippen LogP contribution is -2.28. The first-order chi connectivity index (χ1) is 6.65. The van der Waals surface area contributed by atoms with E-state index in [2.05, 4.69) is 15.3 Å². The molecule has 0 saturated carbocycles. The van der Waals surface area contributed by atoms with Crippen LogP contribution in [0.4, 0.5) is 11.8 Å². The molecule has 0 radical (unpaired) electrons. The minimum atomic E-state index is -0.486. The van der Waals surface area contributed by atoms with Crippen LogP contribution >= 0.6 is 11.6 Å². The van der Waals surface area contributed by atoms with Crippen molar-refractivity contribution >= 4 is 23.4 Å². The van der Waals surface area contributed by atoms with Crippen LogP contribution in [0.1, 0.15) is 0 Å². The molecule has 1 aromatic rings. The number of halogens is 1. The lowest BCUT2D eigenvalue weighted by atomic mass is 10.3. The number of hydrogen-bond acceptors (Lipinski definition) is 6. The van der Waals surface area contributed by atoms with Gasteiger partial charge in [0.1, 0.15) is 11.0 Å². The Hall–Kier alpha value is -1.11. The van der Waals surface area contributed by atoms with Crippen LogP contribution in [0.2, 0.25) is 5.15 Å². The van der Waals surface area contributed by atoms with Crippen molar-refractivity contribution in [1.82, 2.24) is 9.97 Å². The average molecular weight is 219 g/mol. The molecular formula is C7H11ClN4O2. The second kappa shape index (κ2) is 4.94. The fourth-order valence-electron chi connectivity index (χ4n) is 0.867. The summed E-state index contributed by atoms with van der Waals surface area (Å²) in [6, 6.07) is 0.969. The maximum Gasteiger partial charge on any atom is 0.223 e. The van der Waals surface area contributed by atoms with Crippen molar-refractivity contribution in [1.29, 1.82) is 0 Å². The lowest BCUT2D eigenvalue weighted by molar-refractivity contribution is 0.203. The van der Waals surface area contributed by atoms with Crippen LogP contribution in [-0.2, 0) is 0 Å². The zero-order chi connectivity index (χ0) is 10.6. The molecule has 0 fully saturated rings. The number of nitrogen functional groups attached to an aromatic ring is 1. The van der Waals surface area contributed by atoms with Crippen LogP contribution in [0.25, 0.3) is 0 Å². The summed E-state index contributed by atoms with van der Waals surface area (Å²) in [6.45, 7) is -0.421. The summed E-state index contributed by atoms with van der Waals surface area (Å²) in [5.74, 6) is 0.408. The predicted octanol–water partition coefficient (Wildman–Crippen LogP) is -0.523. The Morgan fingerprint density at radius 2 is 2.07 bits per heavy atom. The van der Waals surface area contributed by atoms with Crippen molar-refractivity contribution in [2.45, 2.75) is 6.04 Å². The molecule has 0 unspecified atom stereocenters. The van der Waals surface area contributed by atoms with Gasteiger partial charge in [-0.15, -0.1) is 0 Å². The van der Waals surface area contributed by atoms with Crippen molar-refractivity contribution in [2.75, 3.05) is 24.3 Å². The van der Waals surface area contributed by atoms with Crippen molar-refractivity contribution < 1.29 is 10.2 Å². The molecule has 0 aliphatic rings. The molecule has 7 heteroatoms. The van der Waals surface area contributed by atoms with Gasteiger partial charge in [0, 0.05) is 6.07 Å². The molecule has 0 saturated heterocycles. The molecule has 0 aliphatic heterocycles. The van der Waals surface area contributed by atoms with Gasteiger partial charge in [0.05, 0.1) is 19.3 Å². The van der Waals surface area contributed by atoms with E-state index in [-0.39, 0.29) is 24.3 Å². The van der Waals surface area contributed by atoms with Gasteiger partial charge >= 0.3 is 0 Å². The summed E-state index contributed by atoms with van der Waals surface area (Å²) in [5.41, 5.74) is 5.35. The maximum atomic E-state index is 8.80. The molecule has 0 aliphatic carbocycles. The summed E-state index contributed by atoms with van der Waals surface area (Å²) in [4.78, 5) is 7.48. The van der Waals surface area contributed by atoms with Crippen LogP contribution < -0.4 is 11.1 Å². The molecular weight excluding hydrogens is 208 g/mol. The highest BCUT2D eigenvalue weighted by molar-refractivity contribution is 6.29. The Labute approximate surface area is 85.7 Å².